The van der Waals surface area contributed by atoms with Crippen LogP contribution in [0.3, 0.4) is 0 Å². The van der Waals surface area contributed by atoms with E-state index >= 15 is 0 Å². The Hall–Kier alpha value is -3.78. The third-order valence-corrected chi connectivity index (χ3v) is 6.21. The Bertz CT molecular complexity index is 1460. The molecule has 0 spiro atoms. The van der Waals surface area contributed by atoms with Gasteiger partial charge in [-0.15, -0.1) is 0 Å². The molecule has 1 amide bonds. The van der Waals surface area contributed by atoms with Crippen molar-refractivity contribution in [1.29, 1.82) is 0 Å². The Morgan fingerprint density at radius 1 is 0.909 bits per heavy atom. The molecule has 2 heterocycles. The first-order chi connectivity index (χ1) is 16.0. The molecule has 0 unspecified atom stereocenters. The highest BCUT2D eigenvalue weighted by atomic mass is 32.1. The summed E-state index contributed by atoms with van der Waals surface area (Å²) in [4.78, 5) is 33.2. The van der Waals surface area contributed by atoms with Crippen LogP contribution in [-0.4, -0.2) is 46.5 Å². The van der Waals surface area contributed by atoms with Gasteiger partial charge < -0.3 is 14.8 Å². The number of benzene rings is 3. The van der Waals surface area contributed by atoms with Crippen molar-refractivity contribution < 1.29 is 9.18 Å². The Labute approximate surface area is 194 Å². The number of H-pyrrole nitrogens is 1. The lowest BCUT2D eigenvalue weighted by atomic mass is 10.1. The lowest BCUT2D eigenvalue weighted by Crippen LogP contribution is -2.48. The average Bonchev–Trinajstić information content (AvgIpc) is 2.85. The number of nitrogens with one attached hydrogen (secondary N) is 1. The molecule has 0 bridgehead atoms. The fraction of sp³-hybridized carbons (Fsp3) is 0.160. The molecule has 1 aliphatic rings. The van der Waals surface area contributed by atoms with Gasteiger partial charge in [0, 0.05) is 37.4 Å². The number of hydrogen-bond acceptors (Lipinski definition) is 4. The third kappa shape index (κ3) is 3.93. The molecule has 0 saturated carbocycles. The highest BCUT2D eigenvalue weighted by molar-refractivity contribution is 7.71. The fourth-order valence-corrected chi connectivity index (χ4v) is 4.48. The van der Waals surface area contributed by atoms with E-state index in [1.54, 1.807) is 30.3 Å². The first-order valence-electron chi connectivity index (χ1n) is 10.7. The maximum absolute atomic E-state index is 14.3. The van der Waals surface area contributed by atoms with E-state index in [1.807, 2.05) is 23.1 Å². The summed E-state index contributed by atoms with van der Waals surface area (Å²) in [5.41, 5.74) is 1.72. The smallest absolute Gasteiger partial charge is 0.266 e. The number of carbonyl (C=O) groups is 1. The van der Waals surface area contributed by atoms with Gasteiger partial charge in [0.15, 0.2) is 4.77 Å². The minimum absolute atomic E-state index is 0.0682. The van der Waals surface area contributed by atoms with Crippen molar-refractivity contribution in [3.63, 3.8) is 0 Å². The van der Waals surface area contributed by atoms with Gasteiger partial charge in [0.2, 0.25) is 0 Å². The Morgan fingerprint density at radius 2 is 1.61 bits per heavy atom. The van der Waals surface area contributed by atoms with Crippen molar-refractivity contribution in [2.75, 3.05) is 31.1 Å². The van der Waals surface area contributed by atoms with Crippen LogP contribution in [0.1, 0.15) is 10.4 Å². The van der Waals surface area contributed by atoms with E-state index in [0.29, 0.717) is 29.6 Å². The van der Waals surface area contributed by atoms with Gasteiger partial charge in [0.1, 0.15) is 5.82 Å². The molecule has 1 N–H and O–H groups in total. The molecule has 1 fully saturated rings. The number of nitrogens with zero attached hydrogens (tertiary/aromatic N) is 3. The standard InChI is InChI=1S/C25H21FN4O2S/c26-20-8-4-5-9-22(20)30-24(32)19-11-10-17(16-21(19)27-25(30)33)23(31)29-14-12-28(13-15-29)18-6-2-1-3-7-18/h1-11,16H,12-15H2,(H,27,33). The molecule has 5 rings (SSSR count). The predicted octanol–water partition coefficient (Wildman–Crippen LogP) is 4.15. The number of hydrogen-bond donors (Lipinski definition) is 1. The van der Waals surface area contributed by atoms with Crippen molar-refractivity contribution >= 4 is 34.7 Å². The molecule has 8 heteroatoms. The van der Waals surface area contributed by atoms with Crippen LogP contribution in [0.25, 0.3) is 16.6 Å². The predicted molar refractivity (Wildman–Crippen MR) is 129 cm³/mol. The van der Waals surface area contributed by atoms with E-state index in [4.69, 9.17) is 12.2 Å². The molecule has 166 valence electrons. The number of anilines is 1. The molecule has 4 aromatic rings. The number of aromatic amines is 1. The molecule has 1 aromatic heterocycles. The minimum atomic E-state index is -0.542. The Kier molecular flexibility index (Phi) is 5.51. The van der Waals surface area contributed by atoms with Gasteiger partial charge in [-0.3, -0.25) is 9.59 Å². The second kappa shape index (κ2) is 8.63. The zero-order chi connectivity index (χ0) is 22.9. The molecule has 0 atom stereocenters. The molecule has 1 aliphatic heterocycles. The van der Waals surface area contributed by atoms with Crippen LogP contribution in [0.4, 0.5) is 10.1 Å². The number of halogens is 1. The van der Waals surface area contributed by atoms with Crippen LogP contribution in [0.15, 0.2) is 77.6 Å². The van der Waals surface area contributed by atoms with Gasteiger partial charge in [-0.1, -0.05) is 30.3 Å². The number of piperazine rings is 1. The first-order valence-corrected chi connectivity index (χ1v) is 11.1. The average molecular weight is 461 g/mol. The van der Waals surface area contributed by atoms with E-state index in [-0.39, 0.29) is 16.4 Å². The van der Waals surface area contributed by atoms with Gasteiger partial charge in [0.25, 0.3) is 11.5 Å². The maximum atomic E-state index is 14.3. The molecule has 3 aromatic carbocycles. The van der Waals surface area contributed by atoms with Gasteiger partial charge >= 0.3 is 0 Å². The summed E-state index contributed by atoms with van der Waals surface area (Å²) < 4.78 is 15.5. The van der Waals surface area contributed by atoms with Crippen molar-refractivity contribution in [2.24, 2.45) is 0 Å². The van der Waals surface area contributed by atoms with E-state index in [1.165, 1.54) is 12.1 Å². The van der Waals surface area contributed by atoms with Crippen LogP contribution in [0, 0.1) is 10.6 Å². The van der Waals surface area contributed by atoms with Gasteiger partial charge in [-0.05, 0) is 54.7 Å². The summed E-state index contributed by atoms with van der Waals surface area (Å²) in [6.45, 7) is 2.71. The number of aromatic nitrogens is 2. The van der Waals surface area contributed by atoms with Gasteiger partial charge in [0.05, 0.1) is 16.6 Å². The quantitative estimate of drug-likeness (QED) is 0.467. The van der Waals surface area contributed by atoms with Crippen molar-refractivity contribution in [3.05, 3.63) is 99.3 Å². The van der Waals surface area contributed by atoms with Gasteiger partial charge in [-0.2, -0.15) is 0 Å². The lowest BCUT2D eigenvalue weighted by molar-refractivity contribution is 0.0747. The summed E-state index contributed by atoms with van der Waals surface area (Å²) in [6.07, 6.45) is 0. The SMILES string of the molecule is O=C(c1ccc2c(=O)n(-c3ccccc3F)c(=S)[nH]c2c1)N1CCN(c2ccccc2)CC1. The molecule has 0 aliphatic carbocycles. The number of fused-ring (bicyclic) bond motifs is 1. The molecule has 6 nitrogen and oxygen atoms in total. The largest absolute Gasteiger partial charge is 0.368 e. The normalized spacial score (nSPS) is 14.0. The van der Waals surface area contributed by atoms with Crippen LogP contribution in [0.2, 0.25) is 0 Å². The number of amides is 1. The molecule has 1 saturated heterocycles. The zero-order valence-corrected chi connectivity index (χ0v) is 18.5. The monoisotopic (exact) mass is 460 g/mol. The first kappa shape index (κ1) is 21.1. The molecular weight excluding hydrogens is 439 g/mol. The summed E-state index contributed by atoms with van der Waals surface area (Å²) >= 11 is 5.34. The highest BCUT2D eigenvalue weighted by Gasteiger charge is 2.23. The topological polar surface area (TPSA) is 61.3 Å². The molecule has 33 heavy (non-hydrogen) atoms. The Morgan fingerprint density at radius 3 is 2.33 bits per heavy atom. The van der Waals surface area contributed by atoms with Gasteiger partial charge in [-0.25, -0.2) is 8.96 Å². The van der Waals surface area contributed by atoms with Crippen molar-refractivity contribution in [3.8, 4) is 5.69 Å². The summed E-state index contributed by atoms with van der Waals surface area (Å²) in [6, 6.07) is 21.0. The maximum Gasteiger partial charge on any atom is 0.266 e. The van der Waals surface area contributed by atoms with E-state index in [0.717, 1.165) is 23.3 Å². The van der Waals surface area contributed by atoms with Crippen LogP contribution in [0.5, 0.6) is 0 Å². The van der Waals surface area contributed by atoms with Crippen LogP contribution >= 0.6 is 12.2 Å². The minimum Gasteiger partial charge on any atom is -0.368 e. The molecule has 0 radical (unpaired) electrons. The van der Waals surface area contributed by atoms with Crippen LogP contribution < -0.4 is 10.5 Å². The number of rotatable bonds is 3. The summed E-state index contributed by atoms with van der Waals surface area (Å²) in [7, 11) is 0. The lowest BCUT2D eigenvalue weighted by Gasteiger charge is -2.36. The van der Waals surface area contributed by atoms with E-state index < -0.39 is 11.4 Å². The fourth-order valence-electron chi connectivity index (χ4n) is 4.19. The van der Waals surface area contributed by atoms with E-state index in [9.17, 15) is 14.0 Å². The zero-order valence-electron chi connectivity index (χ0n) is 17.7. The highest BCUT2D eigenvalue weighted by Crippen LogP contribution is 2.19. The molecular formula is C25H21FN4O2S. The Balaban J connectivity index is 1.42. The number of para-hydroxylation sites is 2. The summed E-state index contributed by atoms with van der Waals surface area (Å²) in [5.74, 6) is -0.637. The second-order valence-corrected chi connectivity index (χ2v) is 8.28. The van der Waals surface area contributed by atoms with E-state index in [2.05, 4.69) is 22.0 Å². The summed E-state index contributed by atoms with van der Waals surface area (Å²) in [5, 5.41) is 0.331. The number of carbonyl (C=O) groups excluding carboxylic acids is 1. The van der Waals surface area contributed by atoms with Crippen molar-refractivity contribution in [2.45, 2.75) is 0 Å². The van der Waals surface area contributed by atoms with Crippen molar-refractivity contribution in [1.82, 2.24) is 14.5 Å². The second-order valence-electron chi connectivity index (χ2n) is 7.90. The van der Waals surface area contributed by atoms with Crippen LogP contribution in [-0.2, 0) is 0 Å². The third-order valence-electron chi connectivity index (χ3n) is 5.93.